The number of benzene rings is 2. The number of hydrogen-bond acceptors (Lipinski definition) is 2. The van der Waals surface area contributed by atoms with Gasteiger partial charge in [0.05, 0.1) is 0 Å². The van der Waals surface area contributed by atoms with Gasteiger partial charge in [-0.3, -0.25) is 0 Å². The van der Waals surface area contributed by atoms with Crippen molar-refractivity contribution in [1.82, 2.24) is 0 Å². The SMILES string of the molecule is Cc1ccc(F)c(Oc2cccc(CCN)c2)c1. The zero-order valence-corrected chi connectivity index (χ0v) is 10.3. The van der Waals surface area contributed by atoms with Gasteiger partial charge in [0, 0.05) is 0 Å². The number of ether oxygens (including phenoxy) is 1. The predicted octanol–water partition coefficient (Wildman–Crippen LogP) is 3.43. The third kappa shape index (κ3) is 3.08. The lowest BCUT2D eigenvalue weighted by Gasteiger charge is -2.09. The van der Waals surface area contributed by atoms with Crippen molar-refractivity contribution in [1.29, 1.82) is 0 Å². The maximum absolute atomic E-state index is 13.6. The summed E-state index contributed by atoms with van der Waals surface area (Å²) in [5.74, 6) is 0.523. The molecule has 2 aromatic carbocycles. The third-order valence-electron chi connectivity index (χ3n) is 2.65. The highest BCUT2D eigenvalue weighted by Gasteiger charge is 2.05. The molecule has 2 rings (SSSR count). The van der Waals surface area contributed by atoms with Crippen molar-refractivity contribution in [3.63, 3.8) is 0 Å². The van der Waals surface area contributed by atoms with E-state index in [0.29, 0.717) is 12.3 Å². The lowest BCUT2D eigenvalue weighted by atomic mass is 10.1. The molecule has 0 radical (unpaired) electrons. The molecule has 0 aromatic heterocycles. The Bertz CT molecular complexity index is 540. The highest BCUT2D eigenvalue weighted by atomic mass is 19.1. The fourth-order valence-corrected chi connectivity index (χ4v) is 1.75. The zero-order valence-electron chi connectivity index (χ0n) is 10.3. The molecule has 0 saturated heterocycles. The minimum absolute atomic E-state index is 0.250. The Morgan fingerprint density at radius 3 is 2.78 bits per heavy atom. The molecule has 2 aromatic rings. The van der Waals surface area contributed by atoms with Crippen molar-refractivity contribution in [3.05, 3.63) is 59.4 Å². The summed E-state index contributed by atoms with van der Waals surface area (Å²) in [7, 11) is 0. The maximum Gasteiger partial charge on any atom is 0.165 e. The molecule has 2 nitrogen and oxygen atoms in total. The Balaban J connectivity index is 2.22. The highest BCUT2D eigenvalue weighted by molar-refractivity contribution is 5.36. The van der Waals surface area contributed by atoms with Crippen LogP contribution in [0, 0.1) is 12.7 Å². The molecule has 2 N–H and O–H groups in total. The Morgan fingerprint density at radius 1 is 1.17 bits per heavy atom. The van der Waals surface area contributed by atoms with Crippen LogP contribution in [0.15, 0.2) is 42.5 Å². The quantitative estimate of drug-likeness (QED) is 0.895. The summed E-state index contributed by atoms with van der Waals surface area (Å²) in [5.41, 5.74) is 7.56. The van der Waals surface area contributed by atoms with Crippen LogP contribution in [0.25, 0.3) is 0 Å². The summed E-state index contributed by atoms with van der Waals surface area (Å²) in [6.07, 6.45) is 0.785. The van der Waals surface area contributed by atoms with E-state index in [1.165, 1.54) is 6.07 Å². The third-order valence-corrected chi connectivity index (χ3v) is 2.65. The molecule has 94 valence electrons. The van der Waals surface area contributed by atoms with Crippen LogP contribution in [-0.4, -0.2) is 6.54 Å². The lowest BCUT2D eigenvalue weighted by molar-refractivity contribution is 0.441. The molecule has 0 aliphatic heterocycles. The van der Waals surface area contributed by atoms with Gasteiger partial charge >= 0.3 is 0 Å². The molecule has 0 bridgehead atoms. The van der Waals surface area contributed by atoms with Crippen molar-refractivity contribution in [2.24, 2.45) is 5.73 Å². The molecule has 0 atom stereocenters. The average Bonchev–Trinajstić information content (AvgIpc) is 2.35. The van der Waals surface area contributed by atoms with E-state index >= 15 is 0 Å². The molecule has 0 aliphatic rings. The molecular weight excluding hydrogens is 229 g/mol. The van der Waals surface area contributed by atoms with Crippen molar-refractivity contribution in [2.45, 2.75) is 13.3 Å². The van der Waals surface area contributed by atoms with Crippen molar-refractivity contribution in [2.75, 3.05) is 6.54 Å². The van der Waals surface area contributed by atoms with Gasteiger partial charge in [0.1, 0.15) is 5.75 Å². The van der Waals surface area contributed by atoms with Gasteiger partial charge in [0.15, 0.2) is 11.6 Å². The van der Waals surface area contributed by atoms with E-state index in [1.54, 1.807) is 12.1 Å². The van der Waals surface area contributed by atoms with Gasteiger partial charge in [0.2, 0.25) is 0 Å². The van der Waals surface area contributed by atoms with E-state index in [9.17, 15) is 4.39 Å². The van der Waals surface area contributed by atoms with Crippen LogP contribution in [0.1, 0.15) is 11.1 Å². The second-order valence-electron chi connectivity index (χ2n) is 4.22. The van der Waals surface area contributed by atoms with Crippen molar-refractivity contribution >= 4 is 0 Å². The molecule has 0 heterocycles. The van der Waals surface area contributed by atoms with Crippen LogP contribution >= 0.6 is 0 Å². The van der Waals surface area contributed by atoms with Crippen molar-refractivity contribution < 1.29 is 9.13 Å². The molecule has 18 heavy (non-hydrogen) atoms. The number of rotatable bonds is 4. The second-order valence-corrected chi connectivity index (χ2v) is 4.22. The second kappa shape index (κ2) is 5.65. The van der Waals surface area contributed by atoms with Gasteiger partial charge in [0.25, 0.3) is 0 Å². The van der Waals surface area contributed by atoms with Gasteiger partial charge in [-0.15, -0.1) is 0 Å². The molecule has 0 saturated carbocycles. The monoisotopic (exact) mass is 245 g/mol. The normalized spacial score (nSPS) is 10.4. The Morgan fingerprint density at radius 2 is 2.00 bits per heavy atom. The van der Waals surface area contributed by atoms with Gasteiger partial charge < -0.3 is 10.5 Å². The van der Waals surface area contributed by atoms with Crippen LogP contribution < -0.4 is 10.5 Å². The average molecular weight is 245 g/mol. The standard InChI is InChI=1S/C15H16FNO/c1-11-5-6-14(16)15(9-11)18-13-4-2-3-12(10-13)7-8-17/h2-6,9-10H,7-8,17H2,1H3. The van der Waals surface area contributed by atoms with Crippen LogP contribution in [0.3, 0.4) is 0 Å². The molecular formula is C15H16FNO. The summed E-state index contributed by atoms with van der Waals surface area (Å²) in [4.78, 5) is 0. The largest absolute Gasteiger partial charge is 0.454 e. The maximum atomic E-state index is 13.6. The van der Waals surface area contributed by atoms with Crippen LogP contribution in [0.2, 0.25) is 0 Å². The van der Waals surface area contributed by atoms with Crippen molar-refractivity contribution in [3.8, 4) is 11.5 Å². The molecule has 3 heteroatoms. The number of nitrogens with two attached hydrogens (primary N) is 1. The van der Waals surface area contributed by atoms with Crippen LogP contribution in [-0.2, 0) is 6.42 Å². The van der Waals surface area contributed by atoms with E-state index in [0.717, 1.165) is 17.5 Å². The van der Waals surface area contributed by atoms with E-state index in [4.69, 9.17) is 10.5 Å². The molecule has 0 spiro atoms. The summed E-state index contributed by atoms with van der Waals surface area (Å²) in [6, 6.07) is 12.4. The molecule has 0 unspecified atom stereocenters. The molecule has 0 fully saturated rings. The minimum atomic E-state index is -0.357. The number of aryl methyl sites for hydroxylation is 1. The van der Waals surface area contributed by atoms with E-state index in [2.05, 4.69) is 0 Å². The summed E-state index contributed by atoms with van der Waals surface area (Å²) in [6.45, 7) is 2.49. The Labute approximate surface area is 106 Å². The topological polar surface area (TPSA) is 35.2 Å². The molecule has 0 amide bonds. The first-order chi connectivity index (χ1) is 8.69. The number of halogens is 1. The highest BCUT2D eigenvalue weighted by Crippen LogP contribution is 2.26. The van der Waals surface area contributed by atoms with E-state index in [1.807, 2.05) is 31.2 Å². The van der Waals surface area contributed by atoms with Gasteiger partial charge in [-0.1, -0.05) is 18.2 Å². The first-order valence-electron chi connectivity index (χ1n) is 5.92. The fourth-order valence-electron chi connectivity index (χ4n) is 1.75. The number of hydrogen-bond donors (Lipinski definition) is 1. The Kier molecular flexibility index (Phi) is 3.95. The molecule has 0 aliphatic carbocycles. The fraction of sp³-hybridized carbons (Fsp3) is 0.200. The van der Waals surface area contributed by atoms with E-state index < -0.39 is 0 Å². The first kappa shape index (κ1) is 12.6. The Hall–Kier alpha value is -1.87. The zero-order chi connectivity index (χ0) is 13.0. The lowest BCUT2D eigenvalue weighted by Crippen LogP contribution is -2.02. The summed E-state index contributed by atoms with van der Waals surface area (Å²) in [5, 5.41) is 0. The predicted molar refractivity (Wildman–Crippen MR) is 70.4 cm³/mol. The minimum Gasteiger partial charge on any atom is -0.454 e. The van der Waals surface area contributed by atoms with Gasteiger partial charge in [-0.05, 0) is 55.3 Å². The van der Waals surface area contributed by atoms with Crippen LogP contribution in [0.5, 0.6) is 11.5 Å². The van der Waals surface area contributed by atoms with E-state index in [-0.39, 0.29) is 11.6 Å². The smallest absolute Gasteiger partial charge is 0.165 e. The summed E-state index contributed by atoms with van der Waals surface area (Å²) < 4.78 is 19.1. The van der Waals surface area contributed by atoms with Gasteiger partial charge in [-0.2, -0.15) is 0 Å². The van der Waals surface area contributed by atoms with Gasteiger partial charge in [-0.25, -0.2) is 4.39 Å². The summed E-state index contributed by atoms with van der Waals surface area (Å²) >= 11 is 0. The first-order valence-corrected chi connectivity index (χ1v) is 5.92. The van der Waals surface area contributed by atoms with Crippen LogP contribution in [0.4, 0.5) is 4.39 Å².